The molecule has 0 saturated carbocycles. The molecule has 0 radical (unpaired) electrons. The lowest BCUT2D eigenvalue weighted by atomic mass is 10.00. The summed E-state index contributed by atoms with van der Waals surface area (Å²) in [7, 11) is 0. The van der Waals surface area contributed by atoms with Gasteiger partial charge in [0, 0.05) is 5.56 Å². The number of nitrogens with zero attached hydrogens (tertiary/aromatic N) is 1. The van der Waals surface area contributed by atoms with Crippen LogP contribution in [0.5, 0.6) is 0 Å². The van der Waals surface area contributed by atoms with Crippen molar-refractivity contribution in [2.75, 3.05) is 0 Å². The van der Waals surface area contributed by atoms with Gasteiger partial charge in [0.2, 0.25) is 0 Å². The van der Waals surface area contributed by atoms with E-state index in [0.717, 1.165) is 29.7 Å². The van der Waals surface area contributed by atoms with Gasteiger partial charge in [0.05, 0.1) is 11.9 Å². The Hall–Kier alpha value is -2.09. The topological polar surface area (TPSA) is 28.7 Å². The molecule has 0 unspecified atom stereocenters. The van der Waals surface area contributed by atoms with Crippen molar-refractivity contribution in [3.63, 3.8) is 0 Å². The Labute approximate surface area is 128 Å². The minimum atomic E-state index is 1.01. The molecule has 21 heavy (non-hydrogen) atoms. The van der Waals surface area contributed by atoms with Gasteiger partial charge in [0.25, 0.3) is 0 Å². The Morgan fingerprint density at radius 1 is 1.10 bits per heavy atom. The van der Waals surface area contributed by atoms with Crippen LogP contribution in [0, 0.1) is 0 Å². The second kappa shape index (κ2) is 9.76. The van der Waals surface area contributed by atoms with E-state index < -0.39 is 0 Å². The van der Waals surface area contributed by atoms with Crippen LogP contribution < -0.4 is 0 Å². The molecule has 0 aliphatic carbocycles. The van der Waals surface area contributed by atoms with Crippen molar-refractivity contribution in [3.8, 4) is 0 Å². The lowest BCUT2D eigenvalue weighted by Gasteiger charge is -2.05. The second-order valence-corrected chi connectivity index (χ2v) is 4.67. The largest absolute Gasteiger partial charge is 0.277 e. The molecule has 2 nitrogen and oxygen atoms in total. The van der Waals surface area contributed by atoms with Crippen LogP contribution >= 0.6 is 0 Å². The summed E-state index contributed by atoms with van der Waals surface area (Å²) in [4.78, 5) is 0. The molecule has 0 aliphatic heterocycles. The van der Waals surface area contributed by atoms with E-state index in [-0.39, 0.29) is 0 Å². The molecule has 0 spiro atoms. The van der Waals surface area contributed by atoms with E-state index in [1.54, 1.807) is 0 Å². The summed E-state index contributed by atoms with van der Waals surface area (Å²) in [5.74, 6) is 0. The van der Waals surface area contributed by atoms with Crippen LogP contribution in [0.15, 0.2) is 54.8 Å². The monoisotopic (exact) mass is 282 g/mol. The molecule has 0 aliphatic rings. The van der Waals surface area contributed by atoms with E-state index >= 15 is 0 Å². The Morgan fingerprint density at radius 2 is 1.90 bits per heavy atom. The summed E-state index contributed by atoms with van der Waals surface area (Å²) >= 11 is 0. The average molecular weight is 282 g/mol. The van der Waals surface area contributed by atoms with Gasteiger partial charge >= 0.3 is 0 Å². The molecule has 112 valence electrons. The van der Waals surface area contributed by atoms with Crippen LogP contribution in [0.3, 0.4) is 0 Å². The van der Waals surface area contributed by atoms with Gasteiger partial charge in [-0.2, -0.15) is 5.10 Å². The molecule has 1 rings (SSSR count). The van der Waals surface area contributed by atoms with Gasteiger partial charge in [0.1, 0.15) is 0 Å². The highest BCUT2D eigenvalue weighted by Gasteiger charge is 2.10. The lowest BCUT2D eigenvalue weighted by molar-refractivity contribution is 1.07. The maximum atomic E-state index is 4.24. The molecule has 2 heteroatoms. The molecule has 1 heterocycles. The van der Waals surface area contributed by atoms with Gasteiger partial charge in [-0.15, -0.1) is 0 Å². The minimum absolute atomic E-state index is 1.01. The number of hydrogen-bond donors (Lipinski definition) is 1. The molecule has 0 aromatic carbocycles. The van der Waals surface area contributed by atoms with E-state index in [4.69, 9.17) is 0 Å². The summed E-state index contributed by atoms with van der Waals surface area (Å²) in [5.41, 5.74) is 4.59. The molecule has 0 bridgehead atoms. The van der Waals surface area contributed by atoms with Gasteiger partial charge < -0.3 is 0 Å². The number of aromatic amines is 1. The predicted molar refractivity (Wildman–Crippen MR) is 93.9 cm³/mol. The quantitative estimate of drug-likeness (QED) is 0.638. The maximum Gasteiger partial charge on any atom is 0.0725 e. The van der Waals surface area contributed by atoms with Crippen molar-refractivity contribution >= 4 is 11.1 Å². The molecule has 1 aromatic heterocycles. The van der Waals surface area contributed by atoms with Crippen LogP contribution in [-0.2, 0) is 0 Å². The fourth-order valence-corrected chi connectivity index (χ4v) is 2.05. The number of hydrogen-bond acceptors (Lipinski definition) is 1. The third-order valence-corrected chi connectivity index (χ3v) is 3.09. The van der Waals surface area contributed by atoms with Gasteiger partial charge in [-0.25, -0.2) is 0 Å². The highest BCUT2D eigenvalue weighted by molar-refractivity contribution is 5.84. The van der Waals surface area contributed by atoms with E-state index in [1.165, 1.54) is 5.57 Å². The average Bonchev–Trinajstić information content (AvgIpc) is 2.97. The third kappa shape index (κ3) is 5.07. The number of H-pyrrole nitrogens is 1. The first-order chi connectivity index (χ1) is 10.3. The molecule has 1 aromatic rings. The highest BCUT2D eigenvalue weighted by atomic mass is 15.1. The summed E-state index contributed by atoms with van der Waals surface area (Å²) in [6.07, 6.45) is 20.8. The SMILES string of the molecule is C\C=C/C=C\C(=C/C)c1[nH]ncc1C(/C=C\CC)=C/CC. The molecular weight excluding hydrogens is 256 g/mol. The Kier molecular flexibility index (Phi) is 7.88. The number of rotatable bonds is 7. The zero-order valence-corrected chi connectivity index (χ0v) is 13.6. The lowest BCUT2D eigenvalue weighted by Crippen LogP contribution is -1.89. The standard InChI is InChI=1S/C19H26N2/c1-5-9-11-14-16(8-4)19-18(15-20-21-19)17(12-7-3)13-10-6-2/h5,8-15H,6-7H2,1-4H3,(H,20,21)/b9-5-,13-10-,14-11-,16-8+,17-12+. The van der Waals surface area contributed by atoms with Crippen LogP contribution in [0.4, 0.5) is 0 Å². The molecule has 1 N–H and O–H groups in total. The predicted octanol–water partition coefficient (Wildman–Crippen LogP) is 5.70. The Morgan fingerprint density at radius 3 is 2.52 bits per heavy atom. The molecule has 0 amide bonds. The number of aromatic nitrogens is 2. The first-order valence-corrected chi connectivity index (χ1v) is 7.64. The van der Waals surface area contributed by atoms with E-state index in [9.17, 15) is 0 Å². The molecular formula is C19H26N2. The fraction of sp³-hybridized carbons (Fsp3) is 0.316. The molecule has 0 fully saturated rings. The van der Waals surface area contributed by atoms with Crippen molar-refractivity contribution in [1.29, 1.82) is 0 Å². The normalized spacial score (nSPS) is 14.1. The van der Waals surface area contributed by atoms with Crippen molar-refractivity contribution in [2.24, 2.45) is 0 Å². The van der Waals surface area contributed by atoms with Gasteiger partial charge in [0.15, 0.2) is 0 Å². The van der Waals surface area contributed by atoms with E-state index in [0.29, 0.717) is 0 Å². The van der Waals surface area contributed by atoms with Crippen molar-refractivity contribution in [2.45, 2.75) is 40.5 Å². The summed E-state index contributed by atoms with van der Waals surface area (Å²) < 4.78 is 0. The fourth-order valence-electron chi connectivity index (χ4n) is 2.05. The molecule has 0 atom stereocenters. The van der Waals surface area contributed by atoms with Crippen molar-refractivity contribution in [1.82, 2.24) is 10.2 Å². The second-order valence-electron chi connectivity index (χ2n) is 4.67. The van der Waals surface area contributed by atoms with Gasteiger partial charge in [-0.3, -0.25) is 5.10 Å². The summed E-state index contributed by atoms with van der Waals surface area (Å²) in [6, 6.07) is 0. The van der Waals surface area contributed by atoms with Crippen LogP contribution in [0.1, 0.15) is 51.8 Å². The zero-order valence-electron chi connectivity index (χ0n) is 13.6. The minimum Gasteiger partial charge on any atom is -0.277 e. The first-order valence-electron chi connectivity index (χ1n) is 7.64. The third-order valence-electron chi connectivity index (χ3n) is 3.09. The van der Waals surface area contributed by atoms with Crippen molar-refractivity contribution < 1.29 is 0 Å². The van der Waals surface area contributed by atoms with Gasteiger partial charge in [-0.05, 0) is 37.8 Å². The zero-order chi connectivity index (χ0) is 15.5. The maximum absolute atomic E-state index is 4.24. The molecule has 0 saturated heterocycles. The van der Waals surface area contributed by atoms with E-state index in [1.807, 2.05) is 38.3 Å². The van der Waals surface area contributed by atoms with Gasteiger partial charge in [-0.1, -0.05) is 62.5 Å². The Bertz CT molecular complexity index is 566. The first kappa shape index (κ1) is 17.0. The number of nitrogens with one attached hydrogen (secondary N) is 1. The van der Waals surface area contributed by atoms with Crippen LogP contribution in [-0.4, -0.2) is 10.2 Å². The highest BCUT2D eigenvalue weighted by Crippen LogP contribution is 2.26. The smallest absolute Gasteiger partial charge is 0.0725 e. The van der Waals surface area contributed by atoms with Crippen LogP contribution in [0.2, 0.25) is 0 Å². The van der Waals surface area contributed by atoms with Crippen molar-refractivity contribution in [3.05, 3.63) is 66.1 Å². The Balaban J connectivity index is 3.20. The number of allylic oxidation sites excluding steroid dienone is 10. The van der Waals surface area contributed by atoms with Crippen LogP contribution in [0.25, 0.3) is 11.1 Å². The summed E-state index contributed by atoms with van der Waals surface area (Å²) in [6.45, 7) is 8.36. The summed E-state index contributed by atoms with van der Waals surface area (Å²) in [5, 5.41) is 7.37. The van der Waals surface area contributed by atoms with E-state index in [2.05, 4.69) is 54.4 Å².